The van der Waals surface area contributed by atoms with E-state index in [-0.39, 0.29) is 11.7 Å². The van der Waals surface area contributed by atoms with Gasteiger partial charge in [0.15, 0.2) is 5.82 Å². The molecule has 1 amide bonds. The molecule has 1 aromatic heterocycles. The van der Waals surface area contributed by atoms with Crippen molar-refractivity contribution >= 4 is 17.5 Å². The van der Waals surface area contributed by atoms with Crippen LogP contribution in [0.25, 0.3) is 11.4 Å². The summed E-state index contributed by atoms with van der Waals surface area (Å²) in [5, 5.41) is 20.8. The number of allylic oxidation sites excluding steroid dienone is 1. The van der Waals surface area contributed by atoms with Crippen LogP contribution in [0.15, 0.2) is 90.1 Å². The van der Waals surface area contributed by atoms with Crippen LogP contribution >= 0.6 is 0 Å². The minimum absolute atomic E-state index is 0.145. The van der Waals surface area contributed by atoms with Crippen LogP contribution in [0, 0.1) is 0 Å². The summed E-state index contributed by atoms with van der Waals surface area (Å²) in [4.78, 5) is 18.2. The van der Waals surface area contributed by atoms with Crippen LogP contribution < -0.4 is 15.4 Å². The molecular weight excluding hydrogens is 430 g/mol. The number of anilines is 2. The van der Waals surface area contributed by atoms with Gasteiger partial charge < -0.3 is 20.5 Å². The fourth-order valence-corrected chi connectivity index (χ4v) is 3.99. The molecule has 8 heteroatoms. The second kappa shape index (κ2) is 8.74. The minimum atomic E-state index is -0.542. The van der Waals surface area contributed by atoms with Crippen LogP contribution in [0.4, 0.5) is 11.6 Å². The molecule has 0 spiro atoms. The molecule has 1 aliphatic heterocycles. The van der Waals surface area contributed by atoms with Gasteiger partial charge in [-0.05, 0) is 48.9 Å². The molecule has 3 aromatic carbocycles. The zero-order valence-corrected chi connectivity index (χ0v) is 18.7. The van der Waals surface area contributed by atoms with E-state index in [1.807, 2.05) is 37.3 Å². The highest BCUT2D eigenvalue weighted by Crippen LogP contribution is 2.37. The fourth-order valence-electron chi connectivity index (χ4n) is 3.99. The molecule has 3 N–H and O–H groups in total. The van der Waals surface area contributed by atoms with Crippen molar-refractivity contribution < 1.29 is 14.6 Å². The lowest BCUT2D eigenvalue weighted by molar-refractivity contribution is -0.113. The van der Waals surface area contributed by atoms with E-state index in [0.29, 0.717) is 34.5 Å². The summed E-state index contributed by atoms with van der Waals surface area (Å²) in [5.41, 5.74) is 3.48. The van der Waals surface area contributed by atoms with Crippen LogP contribution in [0.1, 0.15) is 18.5 Å². The number of rotatable bonds is 5. The van der Waals surface area contributed by atoms with Crippen molar-refractivity contribution in [3.05, 3.63) is 95.7 Å². The maximum Gasteiger partial charge on any atom is 0.255 e. The van der Waals surface area contributed by atoms with Crippen LogP contribution in [-0.2, 0) is 4.79 Å². The van der Waals surface area contributed by atoms with Crippen LogP contribution in [0.2, 0.25) is 0 Å². The minimum Gasteiger partial charge on any atom is -0.508 e. The number of nitrogens with zero attached hydrogens (tertiary/aromatic N) is 3. The number of phenolic OH excluding ortho intramolecular Hbond substituents is 1. The first-order valence-electron chi connectivity index (χ1n) is 10.8. The second-order valence-electron chi connectivity index (χ2n) is 7.91. The number of carbonyl (C=O) groups excluding carboxylic acids is 1. The first-order chi connectivity index (χ1) is 16.5. The summed E-state index contributed by atoms with van der Waals surface area (Å²) in [6.07, 6.45) is 0. The number of benzene rings is 3. The molecule has 0 saturated carbocycles. The Morgan fingerprint density at radius 2 is 1.74 bits per heavy atom. The lowest BCUT2D eigenvalue weighted by atomic mass is 9.95. The lowest BCUT2D eigenvalue weighted by Crippen LogP contribution is -2.31. The molecule has 0 aliphatic carbocycles. The van der Waals surface area contributed by atoms with Crippen molar-refractivity contribution in [1.29, 1.82) is 0 Å². The van der Waals surface area contributed by atoms with Gasteiger partial charge in [0.2, 0.25) is 5.95 Å². The molecule has 8 nitrogen and oxygen atoms in total. The average Bonchev–Trinajstić information content (AvgIpc) is 3.28. The lowest BCUT2D eigenvalue weighted by Gasteiger charge is -2.28. The molecule has 0 saturated heterocycles. The fraction of sp³-hybridized carbons (Fsp3) is 0.115. The van der Waals surface area contributed by atoms with Crippen LogP contribution in [-0.4, -0.2) is 32.9 Å². The molecule has 170 valence electrons. The number of aromatic nitrogens is 3. The zero-order chi connectivity index (χ0) is 23.7. The molecule has 0 bridgehead atoms. The standard InChI is InChI=1S/C26H23N5O3/c1-16-22(25(33)28-19-10-14-21(34-2)15-11-19)23(17-8-12-20(32)13-9-17)31-26(27-16)29-24(30-31)18-6-4-3-5-7-18/h3-15,23,32H,1-2H3,(H,28,33)(H,27,29,30)/t23-/m1/s1. The highest BCUT2D eigenvalue weighted by molar-refractivity contribution is 6.06. The summed E-state index contributed by atoms with van der Waals surface area (Å²) in [5.74, 6) is 1.67. The Morgan fingerprint density at radius 1 is 1.03 bits per heavy atom. The molecule has 1 atom stereocenters. The number of ether oxygens (including phenoxy) is 1. The Bertz CT molecular complexity index is 1360. The quantitative estimate of drug-likeness (QED) is 0.409. The van der Waals surface area contributed by atoms with Gasteiger partial charge >= 0.3 is 0 Å². The molecular formula is C26H23N5O3. The highest BCUT2D eigenvalue weighted by atomic mass is 16.5. The van der Waals surface area contributed by atoms with Gasteiger partial charge in [0.1, 0.15) is 17.5 Å². The summed E-state index contributed by atoms with van der Waals surface area (Å²) in [6.45, 7) is 1.84. The maximum atomic E-state index is 13.5. The SMILES string of the molecule is COc1ccc(NC(=O)C2=C(C)Nc3nc(-c4ccccc4)nn3[C@@H]2c2ccc(O)cc2)cc1. The van der Waals surface area contributed by atoms with Crippen molar-refractivity contribution in [3.8, 4) is 22.9 Å². The van der Waals surface area contributed by atoms with Gasteiger partial charge in [0.25, 0.3) is 5.91 Å². The number of hydrogen-bond acceptors (Lipinski definition) is 6. The van der Waals surface area contributed by atoms with Gasteiger partial charge in [-0.1, -0.05) is 42.5 Å². The molecule has 1 aliphatic rings. The molecule has 5 rings (SSSR count). The Kier molecular flexibility index (Phi) is 5.47. The zero-order valence-electron chi connectivity index (χ0n) is 18.7. The number of methoxy groups -OCH3 is 1. The number of fused-ring (bicyclic) bond motifs is 1. The van der Waals surface area contributed by atoms with E-state index in [9.17, 15) is 9.90 Å². The van der Waals surface area contributed by atoms with E-state index >= 15 is 0 Å². The predicted molar refractivity (Wildman–Crippen MR) is 130 cm³/mol. The number of carbonyl (C=O) groups is 1. The van der Waals surface area contributed by atoms with Crippen molar-refractivity contribution in [1.82, 2.24) is 14.8 Å². The Hall–Kier alpha value is -4.59. The van der Waals surface area contributed by atoms with E-state index in [2.05, 4.69) is 15.6 Å². The molecule has 34 heavy (non-hydrogen) atoms. The first-order valence-corrected chi connectivity index (χ1v) is 10.8. The smallest absolute Gasteiger partial charge is 0.255 e. The third-order valence-electron chi connectivity index (χ3n) is 5.69. The largest absolute Gasteiger partial charge is 0.508 e. The molecule has 0 radical (unpaired) electrons. The topological polar surface area (TPSA) is 101 Å². The summed E-state index contributed by atoms with van der Waals surface area (Å²) in [7, 11) is 1.59. The van der Waals surface area contributed by atoms with Crippen LogP contribution in [0.3, 0.4) is 0 Å². The van der Waals surface area contributed by atoms with Crippen molar-refractivity contribution in [2.45, 2.75) is 13.0 Å². The predicted octanol–water partition coefficient (Wildman–Crippen LogP) is 4.59. The van der Waals surface area contributed by atoms with E-state index < -0.39 is 6.04 Å². The molecule has 4 aromatic rings. The first kappa shape index (κ1) is 21.3. The van der Waals surface area contributed by atoms with Gasteiger partial charge in [0, 0.05) is 16.9 Å². The number of nitrogens with one attached hydrogen (secondary N) is 2. The monoisotopic (exact) mass is 453 g/mol. The second-order valence-corrected chi connectivity index (χ2v) is 7.91. The highest BCUT2D eigenvalue weighted by Gasteiger charge is 2.34. The molecule has 0 fully saturated rings. The van der Waals surface area contributed by atoms with Crippen molar-refractivity contribution in [2.24, 2.45) is 0 Å². The van der Waals surface area contributed by atoms with E-state index in [1.165, 1.54) is 0 Å². The van der Waals surface area contributed by atoms with Gasteiger partial charge in [-0.25, -0.2) is 4.68 Å². The third kappa shape index (κ3) is 3.97. The Labute approximate surface area is 196 Å². The summed E-state index contributed by atoms with van der Waals surface area (Å²) >= 11 is 0. The molecule has 0 unspecified atom stereocenters. The van der Waals surface area contributed by atoms with Gasteiger partial charge in [-0.3, -0.25) is 4.79 Å². The summed E-state index contributed by atoms with van der Waals surface area (Å²) in [6, 6.07) is 23.0. The molecule has 2 heterocycles. The maximum absolute atomic E-state index is 13.5. The number of aromatic hydroxyl groups is 1. The number of phenols is 1. The Balaban J connectivity index is 1.56. The van der Waals surface area contributed by atoms with Crippen LogP contribution in [0.5, 0.6) is 11.5 Å². The Morgan fingerprint density at radius 3 is 2.41 bits per heavy atom. The normalized spacial score (nSPS) is 14.8. The van der Waals surface area contributed by atoms with Gasteiger partial charge in [-0.15, -0.1) is 5.10 Å². The summed E-state index contributed by atoms with van der Waals surface area (Å²) < 4.78 is 6.91. The number of hydrogen-bond donors (Lipinski definition) is 3. The van der Waals surface area contributed by atoms with Crippen molar-refractivity contribution in [3.63, 3.8) is 0 Å². The van der Waals surface area contributed by atoms with Crippen molar-refractivity contribution in [2.75, 3.05) is 17.7 Å². The van der Waals surface area contributed by atoms with Gasteiger partial charge in [-0.2, -0.15) is 4.98 Å². The third-order valence-corrected chi connectivity index (χ3v) is 5.69. The average molecular weight is 454 g/mol. The van der Waals surface area contributed by atoms with E-state index in [0.717, 1.165) is 11.1 Å². The van der Waals surface area contributed by atoms with Gasteiger partial charge in [0.05, 0.1) is 12.7 Å². The van der Waals surface area contributed by atoms with E-state index in [4.69, 9.17) is 9.84 Å². The van der Waals surface area contributed by atoms with E-state index in [1.54, 1.807) is 60.3 Å². The number of amides is 1.